The molecule has 17 heavy (non-hydrogen) atoms. The predicted octanol–water partition coefficient (Wildman–Crippen LogP) is 2.76. The molecule has 1 aliphatic carbocycles. The monoisotopic (exact) mass is 252 g/mol. The van der Waals surface area contributed by atoms with Gasteiger partial charge >= 0.3 is 0 Å². The van der Waals surface area contributed by atoms with Crippen molar-refractivity contribution in [1.29, 1.82) is 0 Å². The molecule has 0 saturated heterocycles. The molecular formula is C13H16O3S. The molecule has 4 heteroatoms. The molecule has 0 atom stereocenters. The molecule has 3 nitrogen and oxygen atoms in total. The van der Waals surface area contributed by atoms with Gasteiger partial charge in [-0.15, -0.1) is 0 Å². The maximum absolute atomic E-state index is 11.8. The van der Waals surface area contributed by atoms with Crippen molar-refractivity contribution < 1.29 is 12.6 Å². The summed E-state index contributed by atoms with van der Waals surface area (Å²) in [7, 11) is -2.42. The first-order chi connectivity index (χ1) is 7.94. The SMILES string of the molecule is C=C1CC(c2cc(C)ccc2S(=O)(=O)OC)C1. The van der Waals surface area contributed by atoms with E-state index in [-0.39, 0.29) is 5.92 Å². The Hall–Kier alpha value is -1.13. The molecule has 1 aromatic rings. The molecule has 1 aromatic carbocycles. The van der Waals surface area contributed by atoms with Crippen LogP contribution in [0, 0.1) is 6.92 Å². The first-order valence-corrected chi connectivity index (χ1v) is 6.92. The summed E-state index contributed by atoms with van der Waals surface area (Å²) in [6.45, 7) is 5.85. The van der Waals surface area contributed by atoms with Gasteiger partial charge in [-0.25, -0.2) is 0 Å². The summed E-state index contributed by atoms with van der Waals surface area (Å²) >= 11 is 0. The van der Waals surface area contributed by atoms with Crippen LogP contribution in [0.5, 0.6) is 0 Å². The van der Waals surface area contributed by atoms with Gasteiger partial charge in [0.05, 0.1) is 12.0 Å². The first-order valence-electron chi connectivity index (χ1n) is 5.52. The molecule has 0 heterocycles. The van der Waals surface area contributed by atoms with Gasteiger partial charge in [0.2, 0.25) is 0 Å². The zero-order valence-electron chi connectivity index (χ0n) is 10.1. The van der Waals surface area contributed by atoms with Gasteiger partial charge in [-0.05, 0) is 37.3 Å². The second kappa shape index (κ2) is 4.27. The van der Waals surface area contributed by atoms with E-state index in [0.717, 1.165) is 24.0 Å². The average molecular weight is 252 g/mol. The molecule has 92 valence electrons. The standard InChI is InChI=1S/C13H16O3S/c1-9-4-5-13(17(14,15)16-3)12(8-9)11-6-10(2)7-11/h4-5,8,11H,2,6-7H2,1,3H3. The molecule has 1 fully saturated rings. The van der Waals surface area contributed by atoms with E-state index < -0.39 is 10.1 Å². The van der Waals surface area contributed by atoms with Gasteiger partial charge in [-0.2, -0.15) is 8.42 Å². The molecule has 0 N–H and O–H groups in total. The van der Waals surface area contributed by atoms with E-state index in [2.05, 4.69) is 10.8 Å². The van der Waals surface area contributed by atoms with Gasteiger partial charge in [-0.3, -0.25) is 4.18 Å². The third kappa shape index (κ3) is 2.28. The van der Waals surface area contributed by atoms with E-state index in [1.165, 1.54) is 12.7 Å². The number of hydrogen-bond donors (Lipinski definition) is 0. The van der Waals surface area contributed by atoms with Crippen molar-refractivity contribution in [1.82, 2.24) is 0 Å². The molecule has 1 aliphatic rings. The van der Waals surface area contributed by atoms with E-state index in [1.54, 1.807) is 12.1 Å². The van der Waals surface area contributed by atoms with Gasteiger partial charge < -0.3 is 0 Å². The highest BCUT2D eigenvalue weighted by Gasteiger charge is 2.29. The van der Waals surface area contributed by atoms with Crippen LogP contribution < -0.4 is 0 Å². The molecule has 2 rings (SSSR count). The second-order valence-electron chi connectivity index (χ2n) is 4.52. The molecule has 0 bridgehead atoms. The van der Waals surface area contributed by atoms with Crippen LogP contribution in [0.4, 0.5) is 0 Å². The average Bonchev–Trinajstić information content (AvgIpc) is 2.24. The molecule has 1 saturated carbocycles. The molecule has 0 radical (unpaired) electrons. The fourth-order valence-electron chi connectivity index (χ4n) is 2.16. The lowest BCUT2D eigenvalue weighted by Gasteiger charge is -2.30. The Morgan fingerprint density at radius 1 is 1.35 bits per heavy atom. The highest BCUT2D eigenvalue weighted by molar-refractivity contribution is 7.86. The van der Waals surface area contributed by atoms with Crippen molar-refractivity contribution in [3.63, 3.8) is 0 Å². The fourth-order valence-corrected chi connectivity index (χ4v) is 3.09. The van der Waals surface area contributed by atoms with Gasteiger partial charge in [-0.1, -0.05) is 29.8 Å². The molecule has 0 unspecified atom stereocenters. The molecule has 0 spiro atoms. The van der Waals surface area contributed by atoms with Crippen LogP contribution in [-0.2, 0) is 14.3 Å². The summed E-state index contributed by atoms with van der Waals surface area (Å²) in [5.41, 5.74) is 3.10. The maximum Gasteiger partial charge on any atom is 0.296 e. The van der Waals surface area contributed by atoms with Crippen molar-refractivity contribution >= 4 is 10.1 Å². The fraction of sp³-hybridized carbons (Fsp3) is 0.385. The highest BCUT2D eigenvalue weighted by Crippen LogP contribution is 2.42. The van der Waals surface area contributed by atoms with Crippen LogP contribution in [0.1, 0.15) is 29.9 Å². The topological polar surface area (TPSA) is 43.4 Å². The summed E-state index contributed by atoms with van der Waals surface area (Å²) in [4.78, 5) is 0.295. The van der Waals surface area contributed by atoms with Crippen molar-refractivity contribution in [2.45, 2.75) is 30.6 Å². The minimum Gasteiger partial charge on any atom is -0.270 e. The summed E-state index contributed by atoms with van der Waals surface area (Å²) in [5, 5.41) is 0. The van der Waals surface area contributed by atoms with Gasteiger partial charge in [0.15, 0.2) is 0 Å². The first kappa shape index (κ1) is 12.3. The normalized spacial score (nSPS) is 16.9. The van der Waals surface area contributed by atoms with Gasteiger partial charge in [0.25, 0.3) is 10.1 Å². The van der Waals surface area contributed by atoms with Gasteiger partial charge in [0, 0.05) is 0 Å². The third-order valence-electron chi connectivity index (χ3n) is 3.16. The Balaban J connectivity index is 2.49. The molecule has 0 aromatic heterocycles. The summed E-state index contributed by atoms with van der Waals surface area (Å²) in [5.74, 6) is 0.266. The third-order valence-corrected chi connectivity index (χ3v) is 4.51. The van der Waals surface area contributed by atoms with Crippen molar-refractivity contribution in [3.8, 4) is 0 Å². The van der Waals surface area contributed by atoms with Crippen molar-refractivity contribution in [2.24, 2.45) is 0 Å². The lowest BCUT2D eigenvalue weighted by atomic mass is 9.76. The lowest BCUT2D eigenvalue weighted by Crippen LogP contribution is -2.16. The van der Waals surface area contributed by atoms with E-state index in [9.17, 15) is 8.42 Å². The molecule has 0 amide bonds. The number of hydrogen-bond acceptors (Lipinski definition) is 3. The second-order valence-corrected chi connectivity index (χ2v) is 6.20. The number of rotatable bonds is 3. The zero-order chi connectivity index (χ0) is 12.6. The predicted molar refractivity (Wildman–Crippen MR) is 66.5 cm³/mol. The molecular weight excluding hydrogens is 236 g/mol. The van der Waals surface area contributed by atoms with Crippen molar-refractivity contribution in [3.05, 3.63) is 41.5 Å². The Bertz CT molecular complexity index is 550. The van der Waals surface area contributed by atoms with E-state index >= 15 is 0 Å². The van der Waals surface area contributed by atoms with E-state index in [0.29, 0.717) is 4.90 Å². The van der Waals surface area contributed by atoms with Crippen LogP contribution >= 0.6 is 0 Å². The van der Waals surface area contributed by atoms with Crippen LogP contribution in [-0.4, -0.2) is 15.5 Å². The maximum atomic E-state index is 11.8. The van der Waals surface area contributed by atoms with E-state index in [1.807, 2.05) is 13.0 Å². The number of aryl methyl sites for hydroxylation is 1. The van der Waals surface area contributed by atoms with Gasteiger partial charge in [0.1, 0.15) is 0 Å². The lowest BCUT2D eigenvalue weighted by molar-refractivity contribution is 0.395. The zero-order valence-corrected chi connectivity index (χ0v) is 10.9. The Labute approximate surface area is 102 Å². The largest absolute Gasteiger partial charge is 0.296 e. The Morgan fingerprint density at radius 3 is 2.53 bits per heavy atom. The Kier molecular flexibility index (Phi) is 3.10. The van der Waals surface area contributed by atoms with Crippen LogP contribution in [0.15, 0.2) is 35.2 Å². The Morgan fingerprint density at radius 2 is 2.00 bits per heavy atom. The quantitative estimate of drug-likeness (QED) is 0.613. The summed E-state index contributed by atoms with van der Waals surface area (Å²) in [6, 6.07) is 5.36. The molecule has 0 aliphatic heterocycles. The van der Waals surface area contributed by atoms with Crippen LogP contribution in [0.25, 0.3) is 0 Å². The minimum absolute atomic E-state index is 0.266. The van der Waals surface area contributed by atoms with Crippen LogP contribution in [0.3, 0.4) is 0 Å². The number of benzene rings is 1. The number of allylic oxidation sites excluding steroid dienone is 1. The highest BCUT2D eigenvalue weighted by atomic mass is 32.2. The summed E-state index contributed by atoms with van der Waals surface area (Å²) in [6.07, 6.45) is 1.74. The van der Waals surface area contributed by atoms with E-state index in [4.69, 9.17) is 0 Å². The minimum atomic E-state index is -3.61. The van der Waals surface area contributed by atoms with Crippen molar-refractivity contribution in [2.75, 3.05) is 7.11 Å². The summed E-state index contributed by atoms with van der Waals surface area (Å²) < 4.78 is 28.2. The van der Waals surface area contributed by atoms with Crippen LogP contribution in [0.2, 0.25) is 0 Å². The smallest absolute Gasteiger partial charge is 0.270 e.